The largest absolute Gasteiger partial charge is 0.395 e. The lowest BCUT2D eigenvalue weighted by atomic mass is 10.2. The Morgan fingerprint density at radius 3 is 2.93 bits per heavy atom. The highest BCUT2D eigenvalue weighted by Crippen LogP contribution is 2.24. The second-order valence-corrected chi connectivity index (χ2v) is 3.91. The molecule has 2 nitrogen and oxygen atoms in total. The van der Waals surface area contributed by atoms with Gasteiger partial charge in [-0.15, -0.1) is 0 Å². The molecule has 0 spiro atoms. The molecule has 0 aliphatic heterocycles. The molecule has 1 aromatic carbocycles. The summed E-state index contributed by atoms with van der Waals surface area (Å²) in [4.78, 5) is 0. The molecule has 1 N–H and O–H groups in total. The van der Waals surface area contributed by atoms with Gasteiger partial charge in [0.1, 0.15) is 5.82 Å². The van der Waals surface area contributed by atoms with E-state index in [0.717, 1.165) is 10.9 Å². The number of aliphatic hydroxyl groups excluding tert-OH is 1. The van der Waals surface area contributed by atoms with Crippen molar-refractivity contribution in [3.05, 3.63) is 34.7 Å². The number of benzene rings is 1. The van der Waals surface area contributed by atoms with E-state index in [1.807, 2.05) is 16.8 Å². The fraction of sp³-hybridized carbons (Fsp3) is 0.200. The average Bonchev–Trinajstić information content (AvgIpc) is 2.51. The van der Waals surface area contributed by atoms with Crippen molar-refractivity contribution in [3.8, 4) is 0 Å². The summed E-state index contributed by atoms with van der Waals surface area (Å²) >= 11 is 3.14. The molecule has 0 unspecified atom stereocenters. The van der Waals surface area contributed by atoms with Crippen molar-refractivity contribution in [2.45, 2.75) is 6.54 Å². The molecule has 0 fully saturated rings. The number of fused-ring (bicyclic) bond motifs is 1. The Morgan fingerprint density at radius 1 is 1.43 bits per heavy atom. The fourth-order valence-electron chi connectivity index (χ4n) is 1.49. The summed E-state index contributed by atoms with van der Waals surface area (Å²) in [7, 11) is 0. The van der Waals surface area contributed by atoms with Crippen molar-refractivity contribution >= 4 is 26.8 Å². The lowest BCUT2D eigenvalue weighted by molar-refractivity contribution is 0.278. The van der Waals surface area contributed by atoms with Crippen molar-refractivity contribution < 1.29 is 9.50 Å². The summed E-state index contributed by atoms with van der Waals surface area (Å²) < 4.78 is 15.5. The number of hydrogen-bond acceptors (Lipinski definition) is 1. The summed E-state index contributed by atoms with van der Waals surface area (Å²) in [5, 5.41) is 9.66. The van der Waals surface area contributed by atoms with Gasteiger partial charge in [-0.25, -0.2) is 4.39 Å². The molecule has 1 aromatic heterocycles. The minimum atomic E-state index is -0.265. The average molecular weight is 258 g/mol. The van der Waals surface area contributed by atoms with Crippen LogP contribution in [0.4, 0.5) is 4.39 Å². The first-order chi connectivity index (χ1) is 6.72. The van der Waals surface area contributed by atoms with Crippen LogP contribution in [0.3, 0.4) is 0 Å². The van der Waals surface area contributed by atoms with Gasteiger partial charge in [0.2, 0.25) is 0 Å². The molecule has 0 radical (unpaired) electrons. The molecule has 14 heavy (non-hydrogen) atoms. The predicted molar refractivity (Wildman–Crippen MR) is 56.7 cm³/mol. The van der Waals surface area contributed by atoms with Gasteiger partial charge in [0.15, 0.2) is 0 Å². The zero-order valence-corrected chi connectivity index (χ0v) is 8.96. The quantitative estimate of drug-likeness (QED) is 0.879. The molecular formula is C10H9BrFNO. The second kappa shape index (κ2) is 3.71. The molecule has 4 heteroatoms. The minimum absolute atomic E-state index is 0.0821. The summed E-state index contributed by atoms with van der Waals surface area (Å²) in [6.45, 7) is 0.611. The Hall–Kier alpha value is -0.870. The van der Waals surface area contributed by atoms with Crippen LogP contribution in [-0.4, -0.2) is 16.3 Å². The van der Waals surface area contributed by atoms with E-state index >= 15 is 0 Å². The van der Waals surface area contributed by atoms with Crippen LogP contribution in [0.15, 0.2) is 28.9 Å². The van der Waals surface area contributed by atoms with Crippen molar-refractivity contribution in [2.24, 2.45) is 0 Å². The van der Waals surface area contributed by atoms with Gasteiger partial charge in [-0.1, -0.05) is 0 Å². The molecule has 2 rings (SSSR count). The number of rotatable bonds is 2. The van der Waals surface area contributed by atoms with E-state index < -0.39 is 0 Å². The lowest BCUT2D eigenvalue weighted by Crippen LogP contribution is -1.99. The molecule has 1 heterocycles. The SMILES string of the molecule is OCCn1ccc2cc(F)c(Br)cc21. The Morgan fingerprint density at radius 2 is 2.21 bits per heavy atom. The molecule has 0 saturated carbocycles. The number of aromatic nitrogens is 1. The fourth-order valence-corrected chi connectivity index (χ4v) is 1.82. The molecule has 0 aliphatic carbocycles. The van der Waals surface area contributed by atoms with Gasteiger partial charge >= 0.3 is 0 Å². The van der Waals surface area contributed by atoms with Gasteiger partial charge in [0.25, 0.3) is 0 Å². The van der Waals surface area contributed by atoms with Crippen molar-refractivity contribution in [1.29, 1.82) is 0 Å². The highest BCUT2D eigenvalue weighted by molar-refractivity contribution is 9.10. The normalized spacial score (nSPS) is 11.1. The van der Waals surface area contributed by atoms with Crippen LogP contribution < -0.4 is 0 Å². The summed E-state index contributed by atoms with van der Waals surface area (Å²) in [6.07, 6.45) is 1.84. The van der Waals surface area contributed by atoms with Crippen LogP contribution in [0.5, 0.6) is 0 Å². The van der Waals surface area contributed by atoms with E-state index in [-0.39, 0.29) is 12.4 Å². The first kappa shape index (κ1) is 9.68. The van der Waals surface area contributed by atoms with Crippen molar-refractivity contribution in [2.75, 3.05) is 6.61 Å². The van der Waals surface area contributed by atoms with E-state index in [0.29, 0.717) is 11.0 Å². The predicted octanol–water partition coefficient (Wildman–Crippen LogP) is 2.54. The van der Waals surface area contributed by atoms with Crippen molar-refractivity contribution in [1.82, 2.24) is 4.57 Å². The van der Waals surface area contributed by atoms with Crippen LogP contribution in [0.1, 0.15) is 0 Å². The monoisotopic (exact) mass is 257 g/mol. The zero-order valence-electron chi connectivity index (χ0n) is 7.37. The number of aliphatic hydroxyl groups is 1. The van der Waals surface area contributed by atoms with E-state index in [2.05, 4.69) is 15.9 Å². The maximum absolute atomic E-state index is 13.1. The van der Waals surface area contributed by atoms with Crippen LogP contribution in [0.25, 0.3) is 10.9 Å². The third kappa shape index (κ3) is 1.55. The van der Waals surface area contributed by atoms with Gasteiger partial charge in [0, 0.05) is 23.6 Å². The van der Waals surface area contributed by atoms with E-state index in [1.165, 1.54) is 6.07 Å². The van der Waals surface area contributed by atoms with Gasteiger partial charge < -0.3 is 9.67 Å². The molecule has 0 bridgehead atoms. The standard InChI is InChI=1S/C10H9BrFNO/c11-8-6-10-7(5-9(8)12)1-2-13(10)3-4-14/h1-2,5-6,14H,3-4H2. The Kier molecular flexibility index (Phi) is 2.56. The van der Waals surface area contributed by atoms with Crippen LogP contribution in [-0.2, 0) is 6.54 Å². The second-order valence-electron chi connectivity index (χ2n) is 3.06. The molecule has 0 saturated heterocycles. The summed E-state index contributed by atoms with van der Waals surface area (Å²) in [5.41, 5.74) is 0.923. The lowest BCUT2D eigenvalue weighted by Gasteiger charge is -2.03. The van der Waals surface area contributed by atoms with Crippen LogP contribution in [0, 0.1) is 5.82 Å². The van der Waals surface area contributed by atoms with Crippen molar-refractivity contribution in [3.63, 3.8) is 0 Å². The highest BCUT2D eigenvalue weighted by Gasteiger charge is 2.05. The van der Waals surface area contributed by atoms with Gasteiger partial charge in [0.05, 0.1) is 11.1 Å². The molecule has 0 atom stereocenters. The minimum Gasteiger partial charge on any atom is -0.395 e. The maximum Gasteiger partial charge on any atom is 0.138 e. The topological polar surface area (TPSA) is 25.2 Å². The zero-order chi connectivity index (χ0) is 10.1. The van der Waals surface area contributed by atoms with E-state index in [4.69, 9.17) is 5.11 Å². The third-order valence-electron chi connectivity index (χ3n) is 2.15. The maximum atomic E-state index is 13.1. The molecule has 0 amide bonds. The third-order valence-corrected chi connectivity index (χ3v) is 2.76. The molecular weight excluding hydrogens is 249 g/mol. The Bertz CT molecular complexity index is 466. The smallest absolute Gasteiger partial charge is 0.138 e. The molecule has 74 valence electrons. The number of halogens is 2. The molecule has 0 aliphatic rings. The highest BCUT2D eigenvalue weighted by atomic mass is 79.9. The number of nitrogens with zero attached hydrogens (tertiary/aromatic N) is 1. The van der Waals surface area contributed by atoms with Gasteiger partial charge in [-0.2, -0.15) is 0 Å². The first-order valence-electron chi connectivity index (χ1n) is 4.27. The first-order valence-corrected chi connectivity index (χ1v) is 5.06. The Labute approximate surface area is 89.1 Å². The Balaban J connectivity index is 2.61. The van der Waals surface area contributed by atoms with Gasteiger partial charge in [-0.05, 0) is 34.1 Å². The van der Waals surface area contributed by atoms with Gasteiger partial charge in [-0.3, -0.25) is 0 Å². The molecule has 2 aromatic rings. The van der Waals surface area contributed by atoms with E-state index in [9.17, 15) is 4.39 Å². The summed E-state index contributed by atoms with van der Waals surface area (Å²) in [6, 6.07) is 5.04. The summed E-state index contributed by atoms with van der Waals surface area (Å²) in [5.74, 6) is -0.265. The van der Waals surface area contributed by atoms with Crippen LogP contribution in [0.2, 0.25) is 0 Å². The van der Waals surface area contributed by atoms with E-state index in [1.54, 1.807) is 6.07 Å². The number of hydrogen-bond donors (Lipinski definition) is 1. The van der Waals surface area contributed by atoms with Crippen LogP contribution >= 0.6 is 15.9 Å².